The molecule has 162 valence electrons. The molecule has 1 aromatic carbocycles. The Morgan fingerprint density at radius 2 is 1.84 bits per heavy atom. The Kier molecular flexibility index (Phi) is 5.63. The minimum atomic E-state index is -3.91. The number of carbonyl (C=O) groups is 1. The van der Waals surface area contributed by atoms with Crippen molar-refractivity contribution < 1.29 is 22.0 Å². The first-order chi connectivity index (χ1) is 14.8. The molecular weight excluding hydrogens is 430 g/mol. The number of nitrogens with zero attached hydrogens (tertiary/aromatic N) is 4. The van der Waals surface area contributed by atoms with Crippen molar-refractivity contribution in [3.05, 3.63) is 60.2 Å². The van der Waals surface area contributed by atoms with E-state index in [-0.39, 0.29) is 29.0 Å². The number of carbonyl (C=O) groups excluding carboxylic acids is 1. The van der Waals surface area contributed by atoms with Gasteiger partial charge in [-0.05, 0) is 49.2 Å². The highest BCUT2D eigenvalue weighted by Gasteiger charge is 2.29. The van der Waals surface area contributed by atoms with Crippen LogP contribution in [0.3, 0.4) is 0 Å². The van der Waals surface area contributed by atoms with Crippen LogP contribution in [0.15, 0.2) is 53.7 Å². The van der Waals surface area contributed by atoms with Crippen LogP contribution < -0.4 is 10.0 Å². The lowest BCUT2D eigenvalue weighted by molar-refractivity contribution is -0.117. The van der Waals surface area contributed by atoms with Gasteiger partial charge in [0.05, 0.1) is 10.6 Å². The highest BCUT2D eigenvalue weighted by Crippen LogP contribution is 2.40. The van der Waals surface area contributed by atoms with Crippen LogP contribution in [0.5, 0.6) is 0 Å². The van der Waals surface area contributed by atoms with Crippen LogP contribution in [0.2, 0.25) is 0 Å². The highest BCUT2D eigenvalue weighted by atomic mass is 32.2. The average Bonchev–Trinajstić information content (AvgIpc) is 3.49. The fraction of sp³-hybridized carbons (Fsp3) is 0.263. The zero-order valence-corrected chi connectivity index (χ0v) is 16.9. The lowest BCUT2D eigenvalue weighted by atomic mass is 10.3. The second-order valence-corrected chi connectivity index (χ2v) is 8.66. The maximum Gasteiger partial charge on any atom is 0.280 e. The van der Waals surface area contributed by atoms with Crippen molar-refractivity contribution in [1.82, 2.24) is 19.7 Å². The number of nitrogens with one attached hydrogen (secondary N) is 2. The molecule has 1 saturated carbocycles. The lowest BCUT2D eigenvalue weighted by Crippen LogP contribution is -2.21. The molecule has 0 saturated heterocycles. The van der Waals surface area contributed by atoms with Gasteiger partial charge in [0, 0.05) is 24.0 Å². The summed E-state index contributed by atoms with van der Waals surface area (Å²) in [5, 5.41) is 6.69. The number of alkyl halides is 2. The third-order valence-electron chi connectivity index (χ3n) is 4.58. The highest BCUT2D eigenvalue weighted by molar-refractivity contribution is 7.92. The van der Waals surface area contributed by atoms with Gasteiger partial charge in [-0.25, -0.2) is 31.9 Å². The molecule has 4 rings (SSSR count). The smallest absolute Gasteiger partial charge is 0.280 e. The van der Waals surface area contributed by atoms with Crippen molar-refractivity contribution in [2.24, 2.45) is 0 Å². The van der Waals surface area contributed by atoms with Gasteiger partial charge in [0.15, 0.2) is 0 Å². The van der Waals surface area contributed by atoms with E-state index >= 15 is 0 Å². The van der Waals surface area contributed by atoms with E-state index in [0.717, 1.165) is 17.5 Å². The summed E-state index contributed by atoms with van der Waals surface area (Å²) in [5.41, 5.74) is 0.591. The minimum Gasteiger partial charge on any atom is -0.324 e. The summed E-state index contributed by atoms with van der Waals surface area (Å²) < 4.78 is 54.5. The summed E-state index contributed by atoms with van der Waals surface area (Å²) in [6.45, 7) is -0.376. The number of benzene rings is 1. The van der Waals surface area contributed by atoms with Crippen molar-refractivity contribution in [1.29, 1.82) is 0 Å². The first-order valence-corrected chi connectivity index (χ1v) is 10.9. The first kappa shape index (κ1) is 20.8. The first-order valence-electron chi connectivity index (χ1n) is 9.37. The summed E-state index contributed by atoms with van der Waals surface area (Å²) >= 11 is 0. The van der Waals surface area contributed by atoms with E-state index in [2.05, 4.69) is 25.1 Å². The fourth-order valence-electron chi connectivity index (χ4n) is 2.92. The third kappa shape index (κ3) is 5.02. The molecule has 31 heavy (non-hydrogen) atoms. The van der Waals surface area contributed by atoms with E-state index in [1.165, 1.54) is 42.7 Å². The van der Waals surface area contributed by atoms with E-state index in [1.54, 1.807) is 6.07 Å². The molecule has 2 N–H and O–H groups in total. The number of aromatic nitrogens is 4. The van der Waals surface area contributed by atoms with Gasteiger partial charge in [-0.15, -0.1) is 0 Å². The predicted octanol–water partition coefficient (Wildman–Crippen LogP) is 2.93. The minimum absolute atomic E-state index is 0.0564. The van der Waals surface area contributed by atoms with Crippen molar-refractivity contribution in [2.45, 2.75) is 36.6 Å². The lowest BCUT2D eigenvalue weighted by Gasteiger charge is -2.09. The van der Waals surface area contributed by atoms with Crippen LogP contribution in [0.1, 0.15) is 36.6 Å². The number of halogens is 2. The number of hydrogen-bond acceptors (Lipinski definition) is 6. The Morgan fingerprint density at radius 1 is 1.16 bits per heavy atom. The second kappa shape index (κ2) is 8.38. The van der Waals surface area contributed by atoms with Gasteiger partial charge < -0.3 is 5.32 Å². The van der Waals surface area contributed by atoms with Crippen LogP contribution in [0, 0.1) is 0 Å². The molecule has 0 aliphatic heterocycles. The maximum absolute atomic E-state index is 13.3. The molecule has 0 unspecified atom stereocenters. The largest absolute Gasteiger partial charge is 0.324 e. The molecule has 12 heteroatoms. The monoisotopic (exact) mass is 448 g/mol. The molecule has 9 nitrogen and oxygen atoms in total. The molecule has 1 fully saturated rings. The van der Waals surface area contributed by atoms with Crippen molar-refractivity contribution in [3.8, 4) is 0 Å². The van der Waals surface area contributed by atoms with Crippen LogP contribution >= 0.6 is 0 Å². The molecule has 3 aromatic rings. The van der Waals surface area contributed by atoms with Crippen molar-refractivity contribution in [3.63, 3.8) is 0 Å². The van der Waals surface area contributed by atoms with Gasteiger partial charge in [0.2, 0.25) is 11.9 Å². The van der Waals surface area contributed by atoms with Gasteiger partial charge >= 0.3 is 0 Å². The van der Waals surface area contributed by atoms with Crippen molar-refractivity contribution in [2.75, 3.05) is 10.0 Å². The Hall–Kier alpha value is -3.41. The van der Waals surface area contributed by atoms with Gasteiger partial charge in [-0.1, -0.05) is 0 Å². The van der Waals surface area contributed by atoms with Crippen LogP contribution in [0.4, 0.5) is 20.4 Å². The summed E-state index contributed by atoms with van der Waals surface area (Å²) in [6, 6.07) is 8.28. The Morgan fingerprint density at radius 3 is 2.45 bits per heavy atom. The molecule has 2 heterocycles. The summed E-state index contributed by atoms with van der Waals surface area (Å²) in [4.78, 5) is 19.9. The zero-order valence-electron chi connectivity index (χ0n) is 16.1. The van der Waals surface area contributed by atoms with E-state index in [9.17, 15) is 22.0 Å². The molecule has 0 atom stereocenters. The molecule has 0 spiro atoms. The van der Waals surface area contributed by atoms with Gasteiger partial charge in [0.25, 0.3) is 16.4 Å². The molecule has 0 bridgehead atoms. The molecule has 1 aliphatic rings. The van der Waals surface area contributed by atoms with E-state index < -0.39 is 22.4 Å². The summed E-state index contributed by atoms with van der Waals surface area (Å²) in [7, 11) is -3.91. The molecule has 1 aliphatic carbocycles. The van der Waals surface area contributed by atoms with Crippen molar-refractivity contribution >= 4 is 27.6 Å². The van der Waals surface area contributed by atoms with Gasteiger partial charge in [0.1, 0.15) is 12.2 Å². The Balaban J connectivity index is 1.41. The number of amides is 1. The number of hydrogen-bond donors (Lipinski definition) is 2. The van der Waals surface area contributed by atoms with Gasteiger partial charge in [-0.2, -0.15) is 5.10 Å². The standard InChI is InChI=1S/C19H18F2N6O3S/c20-18(21)16-10-15(12-2-3-12)25-27(16)11-17(28)24-13-4-6-14(7-5-13)31(29,30)26-19-22-8-1-9-23-19/h1,4-10,12,18H,2-3,11H2,(H,24,28)(H,22,23,26). The van der Waals surface area contributed by atoms with Crippen LogP contribution in [-0.4, -0.2) is 34.1 Å². The Bertz CT molecular complexity index is 1180. The fourth-order valence-corrected chi connectivity index (χ4v) is 3.88. The molecule has 1 amide bonds. The van der Waals surface area contributed by atoms with Crippen LogP contribution in [-0.2, 0) is 21.4 Å². The SMILES string of the molecule is O=C(Cn1nc(C2CC2)cc1C(F)F)Nc1ccc(S(=O)(=O)Nc2ncccn2)cc1. The van der Waals surface area contributed by atoms with Crippen LogP contribution in [0.25, 0.3) is 0 Å². The summed E-state index contributed by atoms with van der Waals surface area (Å²) in [5.74, 6) is -0.440. The number of anilines is 2. The molecule has 2 aromatic heterocycles. The average molecular weight is 448 g/mol. The predicted molar refractivity (Wildman–Crippen MR) is 107 cm³/mol. The molecule has 0 radical (unpaired) electrons. The normalized spacial score (nSPS) is 13.9. The molecular formula is C19H18F2N6O3S. The summed E-state index contributed by atoms with van der Waals surface area (Å²) in [6.07, 6.45) is 1.88. The quantitative estimate of drug-likeness (QED) is 0.547. The Labute approximate surface area is 176 Å². The number of rotatable bonds is 8. The third-order valence-corrected chi connectivity index (χ3v) is 5.93. The number of sulfonamides is 1. The zero-order chi connectivity index (χ0) is 22.0. The van der Waals surface area contributed by atoms with E-state index in [0.29, 0.717) is 11.4 Å². The van der Waals surface area contributed by atoms with E-state index in [4.69, 9.17) is 0 Å². The second-order valence-electron chi connectivity index (χ2n) is 6.98. The van der Waals surface area contributed by atoms with Gasteiger partial charge in [-0.3, -0.25) is 9.48 Å². The van der Waals surface area contributed by atoms with E-state index in [1.807, 2.05) is 0 Å². The topological polar surface area (TPSA) is 119 Å². The maximum atomic E-state index is 13.3.